The van der Waals surface area contributed by atoms with Crippen molar-refractivity contribution in [2.45, 2.75) is 12.5 Å². The molecule has 6 nitrogen and oxygen atoms in total. The highest BCUT2D eigenvalue weighted by Gasteiger charge is 2.22. The SMILES string of the molecule is COC(=O)CC(NC(=O)c1n[nH]c2ccccc12)c1cccs1. The van der Waals surface area contributed by atoms with Crippen molar-refractivity contribution < 1.29 is 14.3 Å². The van der Waals surface area contributed by atoms with Crippen LogP contribution in [0.1, 0.15) is 27.8 Å². The van der Waals surface area contributed by atoms with Gasteiger partial charge in [-0.05, 0) is 17.5 Å². The summed E-state index contributed by atoms with van der Waals surface area (Å²) in [5, 5.41) is 12.4. The summed E-state index contributed by atoms with van der Waals surface area (Å²) in [5.41, 5.74) is 1.10. The molecule has 1 aromatic carbocycles. The van der Waals surface area contributed by atoms with Gasteiger partial charge in [-0.25, -0.2) is 0 Å². The molecular weight excluding hydrogens is 314 g/mol. The number of aromatic amines is 1. The van der Waals surface area contributed by atoms with Crippen molar-refractivity contribution in [3.63, 3.8) is 0 Å². The Labute approximate surface area is 136 Å². The van der Waals surface area contributed by atoms with E-state index in [4.69, 9.17) is 4.74 Å². The van der Waals surface area contributed by atoms with Crippen LogP contribution in [-0.2, 0) is 9.53 Å². The number of aromatic nitrogens is 2. The van der Waals surface area contributed by atoms with E-state index in [9.17, 15) is 9.59 Å². The highest BCUT2D eigenvalue weighted by atomic mass is 32.1. The van der Waals surface area contributed by atoms with E-state index < -0.39 is 6.04 Å². The van der Waals surface area contributed by atoms with E-state index in [-0.39, 0.29) is 18.3 Å². The topological polar surface area (TPSA) is 84.1 Å². The maximum Gasteiger partial charge on any atom is 0.307 e. The Balaban J connectivity index is 1.84. The molecule has 118 valence electrons. The number of carbonyl (C=O) groups is 2. The van der Waals surface area contributed by atoms with Gasteiger partial charge in [-0.2, -0.15) is 5.10 Å². The second-order valence-corrected chi connectivity index (χ2v) is 5.92. The van der Waals surface area contributed by atoms with Crippen LogP contribution in [0.25, 0.3) is 10.9 Å². The molecule has 7 heteroatoms. The normalized spacial score (nSPS) is 12.0. The molecule has 0 spiro atoms. The molecule has 1 unspecified atom stereocenters. The zero-order valence-electron chi connectivity index (χ0n) is 12.4. The summed E-state index contributed by atoms with van der Waals surface area (Å²) in [4.78, 5) is 25.1. The molecule has 2 aromatic heterocycles. The molecule has 0 fully saturated rings. The van der Waals surface area contributed by atoms with Crippen LogP contribution < -0.4 is 5.32 Å². The lowest BCUT2D eigenvalue weighted by atomic mass is 10.1. The van der Waals surface area contributed by atoms with E-state index in [1.54, 1.807) is 0 Å². The van der Waals surface area contributed by atoms with Gasteiger partial charge in [0.1, 0.15) is 0 Å². The third kappa shape index (κ3) is 3.24. The number of nitrogens with one attached hydrogen (secondary N) is 2. The Morgan fingerprint density at radius 1 is 1.30 bits per heavy atom. The highest BCUT2D eigenvalue weighted by molar-refractivity contribution is 7.10. The number of nitrogens with zero attached hydrogens (tertiary/aromatic N) is 1. The first-order valence-corrected chi connectivity index (χ1v) is 7.91. The number of ether oxygens (including phenoxy) is 1. The van der Waals surface area contributed by atoms with Gasteiger partial charge in [-0.1, -0.05) is 24.3 Å². The van der Waals surface area contributed by atoms with Crippen molar-refractivity contribution >= 4 is 34.1 Å². The van der Waals surface area contributed by atoms with Crippen LogP contribution in [0.15, 0.2) is 41.8 Å². The van der Waals surface area contributed by atoms with Gasteiger partial charge in [-0.15, -0.1) is 11.3 Å². The molecule has 0 radical (unpaired) electrons. The van der Waals surface area contributed by atoms with Crippen molar-refractivity contribution in [1.82, 2.24) is 15.5 Å². The van der Waals surface area contributed by atoms with Gasteiger partial charge in [0.05, 0.1) is 25.1 Å². The summed E-state index contributed by atoms with van der Waals surface area (Å²) in [5.74, 6) is -0.708. The minimum Gasteiger partial charge on any atom is -0.469 e. The molecule has 2 heterocycles. The van der Waals surface area contributed by atoms with Gasteiger partial charge in [0.25, 0.3) is 5.91 Å². The molecular formula is C16H15N3O3S. The molecule has 3 aromatic rings. The number of hydrogen-bond acceptors (Lipinski definition) is 5. The fourth-order valence-electron chi connectivity index (χ4n) is 2.33. The van der Waals surface area contributed by atoms with E-state index in [1.165, 1.54) is 18.4 Å². The van der Waals surface area contributed by atoms with Crippen molar-refractivity contribution in [2.75, 3.05) is 7.11 Å². The lowest BCUT2D eigenvalue weighted by Gasteiger charge is -2.15. The first-order chi connectivity index (χ1) is 11.2. The highest BCUT2D eigenvalue weighted by Crippen LogP contribution is 2.24. The molecule has 3 rings (SSSR count). The first-order valence-electron chi connectivity index (χ1n) is 7.03. The van der Waals surface area contributed by atoms with E-state index in [1.807, 2.05) is 41.8 Å². The first kappa shape index (κ1) is 15.2. The quantitative estimate of drug-likeness (QED) is 0.705. The lowest BCUT2D eigenvalue weighted by molar-refractivity contribution is -0.141. The fourth-order valence-corrected chi connectivity index (χ4v) is 3.10. The third-order valence-corrected chi connectivity index (χ3v) is 4.46. The molecule has 0 bridgehead atoms. The number of hydrogen-bond donors (Lipinski definition) is 2. The molecule has 2 N–H and O–H groups in total. The Hall–Kier alpha value is -2.67. The van der Waals surface area contributed by atoms with Crippen LogP contribution in [0.4, 0.5) is 0 Å². The van der Waals surface area contributed by atoms with Crippen molar-refractivity contribution in [3.05, 3.63) is 52.3 Å². The van der Waals surface area contributed by atoms with Crippen LogP contribution >= 0.6 is 11.3 Å². The molecule has 23 heavy (non-hydrogen) atoms. The Morgan fingerprint density at radius 2 is 2.13 bits per heavy atom. The zero-order chi connectivity index (χ0) is 16.2. The number of benzene rings is 1. The van der Waals surface area contributed by atoms with E-state index in [0.29, 0.717) is 5.69 Å². The number of esters is 1. The number of methoxy groups -OCH3 is 1. The molecule has 1 amide bonds. The molecule has 0 saturated heterocycles. The number of carbonyl (C=O) groups excluding carboxylic acids is 2. The summed E-state index contributed by atoms with van der Waals surface area (Å²) >= 11 is 1.48. The summed E-state index contributed by atoms with van der Waals surface area (Å²) < 4.78 is 4.71. The number of amides is 1. The van der Waals surface area contributed by atoms with E-state index in [2.05, 4.69) is 15.5 Å². The summed E-state index contributed by atoms with van der Waals surface area (Å²) in [7, 11) is 1.33. The van der Waals surface area contributed by atoms with Gasteiger partial charge >= 0.3 is 5.97 Å². The average molecular weight is 329 g/mol. The zero-order valence-corrected chi connectivity index (χ0v) is 13.2. The molecule has 1 atom stereocenters. The van der Waals surface area contributed by atoms with Crippen LogP contribution in [0, 0.1) is 0 Å². The number of thiophene rings is 1. The maximum atomic E-state index is 12.6. The summed E-state index contributed by atoms with van der Waals surface area (Å²) in [6.45, 7) is 0. The van der Waals surface area contributed by atoms with Crippen LogP contribution in [0.5, 0.6) is 0 Å². The molecule has 0 aliphatic rings. The van der Waals surface area contributed by atoms with Crippen molar-refractivity contribution in [2.24, 2.45) is 0 Å². The van der Waals surface area contributed by atoms with Gasteiger partial charge in [0, 0.05) is 10.3 Å². The van der Waals surface area contributed by atoms with Crippen molar-refractivity contribution in [3.8, 4) is 0 Å². The molecule has 0 aliphatic heterocycles. The predicted molar refractivity (Wildman–Crippen MR) is 87.3 cm³/mol. The van der Waals surface area contributed by atoms with Crippen molar-refractivity contribution in [1.29, 1.82) is 0 Å². The van der Waals surface area contributed by atoms with Gasteiger partial charge < -0.3 is 10.1 Å². The smallest absolute Gasteiger partial charge is 0.307 e. The van der Waals surface area contributed by atoms with Gasteiger partial charge in [0.2, 0.25) is 0 Å². The molecule has 0 aliphatic carbocycles. The van der Waals surface area contributed by atoms with Crippen LogP contribution in [0.3, 0.4) is 0 Å². The van der Waals surface area contributed by atoms with Crippen LogP contribution in [-0.4, -0.2) is 29.2 Å². The Morgan fingerprint density at radius 3 is 2.87 bits per heavy atom. The monoisotopic (exact) mass is 329 g/mol. The summed E-state index contributed by atoms with van der Waals surface area (Å²) in [6.07, 6.45) is 0.0745. The predicted octanol–water partition coefficient (Wildman–Crippen LogP) is 2.66. The Kier molecular flexibility index (Phi) is 4.38. The second-order valence-electron chi connectivity index (χ2n) is 4.94. The van der Waals surface area contributed by atoms with E-state index in [0.717, 1.165) is 15.8 Å². The number of H-pyrrole nitrogens is 1. The Bertz CT molecular complexity index is 826. The maximum absolute atomic E-state index is 12.6. The number of para-hydroxylation sites is 1. The standard InChI is InChI=1S/C16H15N3O3S/c1-22-14(20)9-12(13-7-4-8-23-13)17-16(21)15-10-5-2-3-6-11(10)18-19-15/h2-8,12H,9H2,1H3,(H,17,21)(H,18,19). The van der Waals surface area contributed by atoms with Gasteiger partial charge in [0.15, 0.2) is 5.69 Å². The summed E-state index contributed by atoms with van der Waals surface area (Å²) in [6, 6.07) is 10.7. The fraction of sp³-hybridized carbons (Fsp3) is 0.188. The average Bonchev–Trinajstić information content (AvgIpc) is 3.23. The van der Waals surface area contributed by atoms with E-state index >= 15 is 0 Å². The number of rotatable bonds is 5. The molecule has 0 saturated carbocycles. The minimum atomic E-state index is -0.439. The number of fused-ring (bicyclic) bond motifs is 1. The second kappa shape index (κ2) is 6.62. The van der Waals surface area contributed by atoms with Crippen LogP contribution in [0.2, 0.25) is 0 Å². The minimum absolute atomic E-state index is 0.0745. The largest absolute Gasteiger partial charge is 0.469 e. The van der Waals surface area contributed by atoms with Gasteiger partial charge in [-0.3, -0.25) is 14.7 Å². The lowest BCUT2D eigenvalue weighted by Crippen LogP contribution is -2.30. The third-order valence-electron chi connectivity index (χ3n) is 3.48.